The summed E-state index contributed by atoms with van der Waals surface area (Å²) < 4.78 is 18.2. The van der Waals surface area contributed by atoms with Crippen LogP contribution in [0.3, 0.4) is 0 Å². The molecule has 0 radical (unpaired) electrons. The second-order valence-corrected chi connectivity index (χ2v) is 21.2. The molecule has 7 heteroatoms. The van der Waals surface area contributed by atoms with E-state index >= 15 is 0 Å². The van der Waals surface area contributed by atoms with E-state index in [4.69, 9.17) is 13.8 Å². The van der Waals surface area contributed by atoms with E-state index < -0.39 is 0 Å². The molecule has 0 aliphatic carbocycles. The van der Waals surface area contributed by atoms with Crippen molar-refractivity contribution in [2.75, 3.05) is 9.80 Å². The first kappa shape index (κ1) is 45.5. The van der Waals surface area contributed by atoms with E-state index in [1.165, 1.54) is 43.7 Å². The maximum absolute atomic E-state index is 6.74. The minimum atomic E-state index is 0.413. The van der Waals surface area contributed by atoms with Crippen LogP contribution in [0.1, 0.15) is 50.7 Å². The van der Waals surface area contributed by atoms with Gasteiger partial charge < -0.3 is 27.8 Å². The predicted molar refractivity (Wildman–Crippen MR) is 325 cm³/mol. The van der Waals surface area contributed by atoms with Gasteiger partial charge in [-0.2, -0.15) is 4.98 Å². The summed E-state index contributed by atoms with van der Waals surface area (Å²) in [6, 6.07) is 85.4. The van der Waals surface area contributed by atoms with Gasteiger partial charge in [0, 0.05) is 101 Å². The number of hydrogen-bond donors (Lipinski definition) is 0. The lowest BCUT2D eigenvalue weighted by atomic mass is 10.0. The average Bonchev–Trinajstić information content (AvgIpc) is 4.38. The van der Waals surface area contributed by atoms with Crippen molar-refractivity contribution < 1.29 is 8.83 Å². The zero-order valence-electron chi connectivity index (χ0n) is 43.7. The van der Waals surface area contributed by atoms with Gasteiger partial charge >= 0.3 is 0 Å². The third kappa shape index (κ3) is 7.30. The van der Waals surface area contributed by atoms with Gasteiger partial charge in [-0.15, -0.1) is 0 Å². The normalized spacial score (nSPS) is 12.1. The number of hydrogen-bond acceptors (Lipinski definition) is 5. The monoisotopic (exact) mass is 1010 g/mol. The fraction of sp³-hybridized carbons (Fsp3) is 0.0845. The Labute approximate surface area is 451 Å². The van der Waals surface area contributed by atoms with Crippen LogP contribution in [0.25, 0.3) is 99.1 Å². The van der Waals surface area contributed by atoms with Gasteiger partial charge in [-0.3, -0.25) is 0 Å². The van der Waals surface area contributed by atoms with Gasteiger partial charge in [0.1, 0.15) is 11.2 Å². The first-order valence-electron chi connectivity index (χ1n) is 27.0. The molecule has 78 heavy (non-hydrogen) atoms. The van der Waals surface area contributed by atoms with Gasteiger partial charge in [0.05, 0.1) is 22.1 Å². The fourth-order valence-electron chi connectivity index (χ4n) is 12.0. The number of rotatable bonds is 10. The summed E-state index contributed by atoms with van der Waals surface area (Å²) in [5, 5.41) is 8.64. The predicted octanol–water partition coefficient (Wildman–Crippen LogP) is 20.3. The SMILES string of the molecule is CC(C)c1ccc(N(c2ccc3c(c2)oc2nc4oc5cc(N(c6ccc(C(C)C)cc6)c6ccc7c(c6)c6ccccc6n7-c6ccccc6)ccc5c4cc23)c2ccc3c(c2)c2ccccc2n3-c2ccccc2)cc1. The lowest BCUT2D eigenvalue weighted by molar-refractivity contribution is 0.631. The standard InChI is InChI=1S/C71H53N5O2/c1-44(2)46-23-27-50(28-24-46)73(52-33-37-66-60(39-52)56-19-11-13-21-64(56)75(66)48-15-7-5-8-16-48)54-31-35-58-62-43-63-59-36-32-55(42-69(59)78-71(63)72-70(62)77-68(58)41-54)74(51-29-25-47(26-30-51)45(3)4)53-34-38-67-61(40-53)57-20-12-14-22-65(57)76(67)49-17-9-6-10-18-49/h5-45H,1-4H3. The lowest BCUT2D eigenvalue weighted by Crippen LogP contribution is -2.10. The molecular formula is C71H53N5O2. The molecule has 7 nitrogen and oxygen atoms in total. The zero-order chi connectivity index (χ0) is 52.2. The number of furan rings is 2. The first-order chi connectivity index (χ1) is 38.3. The third-order valence-corrected chi connectivity index (χ3v) is 15.9. The molecule has 10 aromatic carbocycles. The van der Waals surface area contributed by atoms with E-state index in [0.717, 1.165) is 89.2 Å². The van der Waals surface area contributed by atoms with Crippen LogP contribution < -0.4 is 9.80 Å². The van der Waals surface area contributed by atoms with E-state index in [1.54, 1.807) is 0 Å². The van der Waals surface area contributed by atoms with Gasteiger partial charge in [0.2, 0.25) is 11.4 Å². The van der Waals surface area contributed by atoms with Gasteiger partial charge in [-0.05, 0) is 150 Å². The van der Waals surface area contributed by atoms with Gasteiger partial charge in [0.15, 0.2) is 0 Å². The van der Waals surface area contributed by atoms with Crippen LogP contribution in [0.2, 0.25) is 0 Å². The highest BCUT2D eigenvalue weighted by molar-refractivity contribution is 6.15. The molecule has 0 aliphatic rings. The number of aromatic nitrogens is 3. The molecule has 374 valence electrons. The smallest absolute Gasteiger partial charge is 0.230 e. The molecule has 5 aromatic heterocycles. The van der Waals surface area contributed by atoms with E-state index in [9.17, 15) is 0 Å². The van der Waals surface area contributed by atoms with E-state index in [1.807, 2.05) is 0 Å². The van der Waals surface area contributed by atoms with Crippen LogP contribution in [0, 0.1) is 0 Å². The van der Waals surface area contributed by atoms with Crippen molar-refractivity contribution in [3.05, 3.63) is 248 Å². The summed E-state index contributed by atoms with van der Waals surface area (Å²) in [4.78, 5) is 9.76. The van der Waals surface area contributed by atoms with Crippen molar-refractivity contribution in [2.45, 2.75) is 39.5 Å². The highest BCUT2D eigenvalue weighted by Crippen LogP contribution is 2.45. The van der Waals surface area contributed by atoms with Gasteiger partial charge in [-0.25, -0.2) is 0 Å². The number of para-hydroxylation sites is 4. The maximum atomic E-state index is 6.74. The Balaban J connectivity index is 0.837. The molecule has 15 rings (SSSR count). The van der Waals surface area contributed by atoms with Crippen LogP contribution in [0.4, 0.5) is 34.1 Å². The molecule has 0 amide bonds. The molecule has 0 saturated carbocycles. The molecule has 0 aliphatic heterocycles. The van der Waals surface area contributed by atoms with Crippen LogP contribution in [-0.2, 0) is 0 Å². The van der Waals surface area contributed by atoms with Gasteiger partial charge in [0.25, 0.3) is 0 Å². The largest absolute Gasteiger partial charge is 0.438 e. The first-order valence-corrected chi connectivity index (χ1v) is 27.0. The molecule has 0 bridgehead atoms. The van der Waals surface area contributed by atoms with E-state index in [0.29, 0.717) is 23.3 Å². The van der Waals surface area contributed by atoms with Crippen LogP contribution >= 0.6 is 0 Å². The fourth-order valence-corrected chi connectivity index (χ4v) is 12.0. The van der Waals surface area contributed by atoms with E-state index in [2.05, 4.69) is 283 Å². The second kappa shape index (κ2) is 17.9. The average molecular weight is 1010 g/mol. The van der Waals surface area contributed by atoms with Crippen molar-refractivity contribution >= 4 is 122 Å². The molecule has 0 N–H and O–H groups in total. The van der Waals surface area contributed by atoms with Crippen molar-refractivity contribution in [1.82, 2.24) is 14.1 Å². The summed E-state index contributed by atoms with van der Waals surface area (Å²) in [7, 11) is 0. The van der Waals surface area contributed by atoms with Crippen molar-refractivity contribution in [2.24, 2.45) is 0 Å². The molecule has 0 fully saturated rings. The Morgan fingerprint density at radius 3 is 1.09 bits per heavy atom. The van der Waals surface area contributed by atoms with E-state index in [-0.39, 0.29) is 0 Å². The quantitative estimate of drug-likeness (QED) is 0.137. The summed E-state index contributed by atoms with van der Waals surface area (Å²) >= 11 is 0. The summed E-state index contributed by atoms with van der Waals surface area (Å²) in [6.45, 7) is 8.94. The molecule has 0 spiro atoms. The van der Waals surface area contributed by atoms with Gasteiger partial charge in [-0.1, -0.05) is 125 Å². The Bertz CT molecular complexity index is 4490. The topological polar surface area (TPSA) is 55.5 Å². The summed E-state index contributed by atoms with van der Waals surface area (Å²) in [5.74, 6) is 0.826. The Hall–Kier alpha value is -9.85. The van der Waals surface area contributed by atoms with Crippen molar-refractivity contribution in [1.29, 1.82) is 0 Å². The van der Waals surface area contributed by atoms with Crippen molar-refractivity contribution in [3.63, 3.8) is 0 Å². The summed E-state index contributed by atoms with van der Waals surface area (Å²) in [6.07, 6.45) is 0. The van der Waals surface area contributed by atoms with Crippen LogP contribution in [-0.4, -0.2) is 14.1 Å². The van der Waals surface area contributed by atoms with Crippen LogP contribution in [0.15, 0.2) is 245 Å². The molecule has 0 atom stereocenters. The summed E-state index contributed by atoms with van der Waals surface area (Å²) in [5.41, 5.74) is 18.3. The number of nitrogens with zero attached hydrogens (tertiary/aromatic N) is 5. The molecule has 15 aromatic rings. The number of benzene rings is 10. The van der Waals surface area contributed by atoms with Crippen LogP contribution in [0.5, 0.6) is 0 Å². The second-order valence-electron chi connectivity index (χ2n) is 21.2. The lowest BCUT2D eigenvalue weighted by Gasteiger charge is -2.26. The third-order valence-electron chi connectivity index (χ3n) is 15.9. The number of pyridine rings is 1. The number of fused-ring (bicyclic) bond motifs is 12. The minimum Gasteiger partial charge on any atom is -0.438 e. The number of anilines is 6. The Morgan fingerprint density at radius 2 is 0.667 bits per heavy atom. The molecule has 5 heterocycles. The Kier molecular flexibility index (Phi) is 10.4. The molecule has 0 saturated heterocycles. The molecule has 0 unspecified atom stereocenters. The highest BCUT2D eigenvalue weighted by atomic mass is 16.4. The highest BCUT2D eigenvalue weighted by Gasteiger charge is 2.23. The molecular weight excluding hydrogens is 955 g/mol. The minimum absolute atomic E-state index is 0.413. The maximum Gasteiger partial charge on any atom is 0.230 e. The zero-order valence-corrected chi connectivity index (χ0v) is 43.7. The Morgan fingerprint density at radius 1 is 0.308 bits per heavy atom. The van der Waals surface area contributed by atoms with Crippen molar-refractivity contribution in [3.8, 4) is 11.4 Å².